The number of aliphatic hydroxyl groups excluding tert-OH is 1. The third-order valence-electron chi connectivity index (χ3n) is 2.76. The predicted molar refractivity (Wildman–Crippen MR) is 67.4 cm³/mol. The first-order valence-electron chi connectivity index (χ1n) is 6.09. The molecule has 0 fully saturated rings. The van der Waals surface area contributed by atoms with E-state index in [-0.39, 0.29) is 6.42 Å². The number of hydrogen-bond donors (Lipinski definition) is 1. The molecule has 0 aliphatic heterocycles. The smallest absolute Gasteiger partial charge is 0.211 e. The van der Waals surface area contributed by atoms with Gasteiger partial charge in [-0.2, -0.15) is 0 Å². The lowest BCUT2D eigenvalue weighted by Gasteiger charge is -2.09. The maximum Gasteiger partial charge on any atom is 0.211 e. The van der Waals surface area contributed by atoms with Crippen LogP contribution in [-0.4, -0.2) is 13.2 Å². The Bertz CT molecular complexity index is 470. The Labute approximate surface area is 102 Å². The first-order valence-corrected chi connectivity index (χ1v) is 5.68. The van der Waals surface area contributed by atoms with Crippen LogP contribution in [0.25, 0.3) is 11.1 Å². The van der Waals surface area contributed by atoms with Gasteiger partial charge in [-0.15, -0.1) is 0 Å². The maximum absolute atomic E-state index is 12.3. The lowest BCUT2D eigenvalue weighted by Crippen LogP contribution is -1.97. The van der Waals surface area contributed by atoms with Crippen LogP contribution in [0.2, 0.25) is 0 Å². The van der Waals surface area contributed by atoms with Gasteiger partial charge in [0.05, 0.1) is 12.8 Å². The summed E-state index contributed by atoms with van der Waals surface area (Å²) in [5.74, 6) is 0. The van der Waals surface area contributed by atoms with Crippen molar-refractivity contribution >= 4 is 0 Å². The first-order chi connectivity index (χ1) is 8.85. The molecule has 17 heavy (non-hydrogen) atoms. The molecule has 2 aromatic carbocycles. The zero-order valence-electron chi connectivity index (χ0n) is 10.5. The van der Waals surface area contributed by atoms with E-state index in [1.165, 1.54) is 0 Å². The third kappa shape index (κ3) is 2.92. The van der Waals surface area contributed by atoms with Crippen molar-refractivity contribution in [1.82, 2.24) is 0 Å². The van der Waals surface area contributed by atoms with Gasteiger partial charge in [-0.3, -0.25) is 4.39 Å². The molecule has 1 unspecified atom stereocenters. The highest BCUT2D eigenvalue weighted by Gasteiger charge is 2.06. The van der Waals surface area contributed by atoms with Crippen molar-refractivity contribution < 1.29 is 9.50 Å². The summed E-state index contributed by atoms with van der Waals surface area (Å²) in [5, 5.41) is 4.53. The van der Waals surface area contributed by atoms with Crippen LogP contribution in [0.4, 0.5) is 4.39 Å². The molecule has 0 saturated heterocycles. The van der Waals surface area contributed by atoms with E-state index in [0.717, 1.165) is 16.7 Å². The molecule has 0 heterocycles. The fourth-order valence-electron chi connectivity index (χ4n) is 1.79. The molecule has 0 aromatic heterocycles. The molecule has 1 atom stereocenters. The van der Waals surface area contributed by atoms with Crippen LogP contribution in [-0.2, 0) is 0 Å². The molecular formula is C15H15FO. The summed E-state index contributed by atoms with van der Waals surface area (Å²) in [6, 6.07) is 17.7. The molecule has 0 spiro atoms. The minimum Gasteiger partial charge on any atom is -0.388 e. The molecule has 0 aliphatic carbocycles. The highest BCUT2D eigenvalue weighted by atomic mass is 19.1. The summed E-state index contributed by atoms with van der Waals surface area (Å²) in [6.45, 7) is -0.482. The standard InChI is InChI=1S/C15H15FO/c16-11-10-15(17)14-8-6-13(7-9-14)12-4-2-1-3-5-12/h1-9,15,17H,10-11H2/i17D. The van der Waals surface area contributed by atoms with Crippen LogP contribution in [0.3, 0.4) is 0 Å². The van der Waals surface area contributed by atoms with Gasteiger partial charge in [0.15, 0.2) is 0 Å². The quantitative estimate of drug-likeness (QED) is 0.831. The van der Waals surface area contributed by atoms with Gasteiger partial charge in [-0.1, -0.05) is 54.6 Å². The number of benzene rings is 2. The van der Waals surface area contributed by atoms with Crippen molar-refractivity contribution in [2.75, 3.05) is 6.67 Å². The second-order valence-corrected chi connectivity index (χ2v) is 3.95. The van der Waals surface area contributed by atoms with E-state index >= 15 is 0 Å². The molecule has 0 amide bonds. The SMILES string of the molecule is [2H]OC(CCF)c1ccc(-c2ccccc2)cc1. The third-order valence-corrected chi connectivity index (χ3v) is 2.76. The van der Waals surface area contributed by atoms with E-state index in [4.69, 9.17) is 1.43 Å². The summed E-state index contributed by atoms with van der Waals surface area (Å²) >= 11 is 0. The van der Waals surface area contributed by atoms with Gasteiger partial charge >= 0.3 is 0 Å². The number of aliphatic hydroxyl groups is 1. The fraction of sp³-hybridized carbons (Fsp3) is 0.200. The number of halogens is 1. The highest BCUT2D eigenvalue weighted by molar-refractivity contribution is 5.63. The zero-order valence-corrected chi connectivity index (χ0v) is 9.47. The second-order valence-electron chi connectivity index (χ2n) is 3.95. The van der Waals surface area contributed by atoms with E-state index in [0.29, 0.717) is 0 Å². The van der Waals surface area contributed by atoms with E-state index in [2.05, 4.69) is 5.11 Å². The van der Waals surface area contributed by atoms with Crippen LogP contribution in [0.1, 0.15) is 18.1 Å². The average Bonchev–Trinajstić information content (AvgIpc) is 2.46. The fourth-order valence-corrected chi connectivity index (χ4v) is 1.79. The topological polar surface area (TPSA) is 20.2 Å². The molecule has 2 rings (SSSR count). The number of hydrogen-bond acceptors (Lipinski definition) is 1. The molecule has 1 nitrogen and oxygen atoms in total. The molecule has 2 heteroatoms. The Morgan fingerprint density at radius 1 is 1.00 bits per heavy atom. The molecule has 0 aliphatic rings. The monoisotopic (exact) mass is 231 g/mol. The minimum absolute atomic E-state index is 0.216. The van der Waals surface area contributed by atoms with E-state index in [1.807, 2.05) is 54.6 Å². The van der Waals surface area contributed by atoms with E-state index in [9.17, 15) is 4.39 Å². The Hall–Kier alpha value is -1.67. The van der Waals surface area contributed by atoms with Crippen molar-refractivity contribution in [2.45, 2.75) is 12.5 Å². The van der Waals surface area contributed by atoms with Crippen LogP contribution >= 0.6 is 0 Å². The van der Waals surface area contributed by atoms with Gasteiger partial charge in [-0.25, -0.2) is 0 Å². The summed E-state index contributed by atoms with van der Waals surface area (Å²) in [4.78, 5) is 0. The van der Waals surface area contributed by atoms with Gasteiger partial charge in [0.1, 0.15) is 0 Å². The lowest BCUT2D eigenvalue weighted by atomic mass is 10.0. The Balaban J connectivity index is 2.19. The predicted octanol–water partition coefficient (Wildman–Crippen LogP) is 3.75. The van der Waals surface area contributed by atoms with E-state index < -0.39 is 12.8 Å². The Morgan fingerprint density at radius 2 is 1.65 bits per heavy atom. The van der Waals surface area contributed by atoms with Crippen LogP contribution < -0.4 is 0 Å². The maximum atomic E-state index is 12.3. The van der Waals surface area contributed by atoms with Crippen LogP contribution in [0, 0.1) is 0 Å². The summed E-state index contributed by atoms with van der Waals surface area (Å²) in [7, 11) is 0. The minimum atomic E-state index is -0.486. The second kappa shape index (κ2) is 5.60. The van der Waals surface area contributed by atoms with Gasteiger partial charge in [0.2, 0.25) is 1.43 Å². The normalized spacial score (nSPS) is 13.1. The van der Waals surface area contributed by atoms with Gasteiger partial charge in [0.25, 0.3) is 0 Å². The number of alkyl halides is 1. The van der Waals surface area contributed by atoms with E-state index in [1.54, 1.807) is 0 Å². The Morgan fingerprint density at radius 3 is 2.24 bits per heavy atom. The first kappa shape index (κ1) is 10.5. The van der Waals surface area contributed by atoms with Gasteiger partial charge in [-0.05, 0) is 16.7 Å². The van der Waals surface area contributed by atoms with Crippen molar-refractivity contribution in [3.8, 4) is 11.1 Å². The van der Waals surface area contributed by atoms with Crippen LogP contribution in [0.15, 0.2) is 54.6 Å². The number of rotatable bonds is 5. The molecule has 0 radical (unpaired) electrons. The largest absolute Gasteiger partial charge is 0.388 e. The van der Waals surface area contributed by atoms with Crippen molar-refractivity contribution in [1.29, 1.82) is 1.43 Å². The summed E-state index contributed by atoms with van der Waals surface area (Å²) in [6.07, 6.45) is -0.270. The molecule has 1 N–H and O–H groups in total. The molecule has 0 saturated carbocycles. The zero-order chi connectivity index (χ0) is 12.8. The highest BCUT2D eigenvalue weighted by Crippen LogP contribution is 2.23. The van der Waals surface area contributed by atoms with Gasteiger partial charge < -0.3 is 5.11 Å². The molecule has 88 valence electrons. The molecular weight excluding hydrogens is 215 g/mol. The summed E-state index contributed by atoms with van der Waals surface area (Å²) < 4.78 is 19.2. The van der Waals surface area contributed by atoms with Crippen molar-refractivity contribution in [3.05, 3.63) is 60.2 Å². The summed E-state index contributed by atoms with van der Waals surface area (Å²) in [5.41, 5.74) is 3.07. The van der Waals surface area contributed by atoms with Crippen molar-refractivity contribution in [3.63, 3.8) is 0 Å². The lowest BCUT2D eigenvalue weighted by molar-refractivity contribution is 0.156. The van der Waals surface area contributed by atoms with Crippen molar-refractivity contribution in [2.24, 2.45) is 0 Å². The van der Waals surface area contributed by atoms with Crippen LogP contribution in [0.5, 0.6) is 0 Å². The molecule has 2 aromatic rings. The Kier molecular flexibility index (Phi) is 3.45. The van der Waals surface area contributed by atoms with Gasteiger partial charge in [0, 0.05) is 6.42 Å². The molecule has 0 bridgehead atoms. The average molecular weight is 231 g/mol.